The van der Waals surface area contributed by atoms with Crippen LogP contribution in [0.1, 0.15) is 129 Å². The van der Waals surface area contributed by atoms with Crippen molar-refractivity contribution in [3.05, 3.63) is 0 Å². The van der Waals surface area contributed by atoms with Gasteiger partial charge in [-0.25, -0.2) is 0 Å². The maximum Gasteiger partial charge on any atom is 0.132 e. The smallest absolute Gasteiger partial charge is 0.132 e. The fourth-order valence-corrected chi connectivity index (χ4v) is 3.25. The summed E-state index contributed by atoms with van der Waals surface area (Å²) >= 11 is 0. The van der Waals surface area contributed by atoms with E-state index in [9.17, 15) is 4.79 Å². The van der Waals surface area contributed by atoms with E-state index in [2.05, 4.69) is 6.92 Å². The fourth-order valence-electron chi connectivity index (χ4n) is 3.25. The first-order chi connectivity index (χ1) is 11.8. The highest BCUT2D eigenvalue weighted by Crippen LogP contribution is 2.13. The minimum Gasteiger partial charge on any atom is -0.396 e. The number of carbonyl (C=O) groups is 1. The first-order valence-electron chi connectivity index (χ1n) is 10.9. The number of ketones is 1. The SMILES string of the molecule is CCCCCCCCCCCC(=O)CCCCCCCCCCO. The van der Waals surface area contributed by atoms with E-state index in [1.807, 2.05) is 0 Å². The molecule has 0 aromatic heterocycles. The van der Waals surface area contributed by atoms with Gasteiger partial charge in [-0.1, -0.05) is 96.8 Å². The van der Waals surface area contributed by atoms with Crippen LogP contribution in [0.3, 0.4) is 0 Å². The molecule has 2 heteroatoms. The van der Waals surface area contributed by atoms with Crippen LogP contribution in [0.25, 0.3) is 0 Å². The van der Waals surface area contributed by atoms with E-state index in [-0.39, 0.29) is 0 Å². The second kappa shape index (κ2) is 20.7. The van der Waals surface area contributed by atoms with Crippen molar-refractivity contribution in [3.8, 4) is 0 Å². The zero-order valence-electron chi connectivity index (χ0n) is 16.5. The molecule has 0 fully saturated rings. The number of aliphatic hydroxyl groups excluding tert-OH is 1. The molecule has 0 amide bonds. The monoisotopic (exact) mass is 340 g/mol. The minimum atomic E-state index is 0.334. The van der Waals surface area contributed by atoms with Crippen molar-refractivity contribution in [1.82, 2.24) is 0 Å². The first-order valence-corrected chi connectivity index (χ1v) is 10.9. The lowest BCUT2D eigenvalue weighted by molar-refractivity contribution is -0.119. The summed E-state index contributed by atoms with van der Waals surface area (Å²) < 4.78 is 0. The molecule has 0 unspecified atom stereocenters. The minimum absolute atomic E-state index is 0.334. The van der Waals surface area contributed by atoms with Crippen LogP contribution in [-0.4, -0.2) is 17.5 Å². The Kier molecular flexibility index (Phi) is 20.4. The van der Waals surface area contributed by atoms with Crippen molar-refractivity contribution in [2.75, 3.05) is 6.61 Å². The summed E-state index contributed by atoms with van der Waals surface area (Å²) in [7, 11) is 0. The average molecular weight is 341 g/mol. The summed E-state index contributed by atoms with van der Waals surface area (Å²) in [5, 5.41) is 8.70. The van der Waals surface area contributed by atoms with Gasteiger partial charge in [-0.3, -0.25) is 4.79 Å². The third-order valence-electron chi connectivity index (χ3n) is 4.92. The molecule has 144 valence electrons. The molecule has 0 radical (unpaired) electrons. The van der Waals surface area contributed by atoms with Crippen molar-refractivity contribution in [1.29, 1.82) is 0 Å². The van der Waals surface area contributed by atoms with E-state index in [4.69, 9.17) is 5.11 Å². The van der Waals surface area contributed by atoms with Gasteiger partial charge in [-0.15, -0.1) is 0 Å². The summed E-state index contributed by atoms with van der Waals surface area (Å²) in [5.74, 6) is 0.487. The van der Waals surface area contributed by atoms with Gasteiger partial charge >= 0.3 is 0 Å². The van der Waals surface area contributed by atoms with Gasteiger partial charge in [0.05, 0.1) is 0 Å². The number of hydrogen-bond donors (Lipinski definition) is 1. The first kappa shape index (κ1) is 23.6. The van der Waals surface area contributed by atoms with Gasteiger partial charge in [-0.05, 0) is 19.3 Å². The maximum absolute atomic E-state index is 11.8. The zero-order chi connectivity index (χ0) is 17.7. The fraction of sp³-hybridized carbons (Fsp3) is 0.955. The van der Waals surface area contributed by atoms with Crippen molar-refractivity contribution in [3.63, 3.8) is 0 Å². The highest BCUT2D eigenvalue weighted by atomic mass is 16.2. The Morgan fingerprint density at radius 2 is 0.875 bits per heavy atom. The second-order valence-corrected chi connectivity index (χ2v) is 7.42. The average Bonchev–Trinajstić information content (AvgIpc) is 2.59. The highest BCUT2D eigenvalue weighted by molar-refractivity contribution is 5.78. The lowest BCUT2D eigenvalue weighted by atomic mass is 10.0. The molecule has 24 heavy (non-hydrogen) atoms. The van der Waals surface area contributed by atoms with Crippen LogP contribution in [0.15, 0.2) is 0 Å². The maximum atomic E-state index is 11.8. The summed E-state index contributed by atoms with van der Waals surface area (Å²) in [4.78, 5) is 11.8. The Labute approximate surface area is 151 Å². The van der Waals surface area contributed by atoms with Gasteiger partial charge in [0.15, 0.2) is 0 Å². The van der Waals surface area contributed by atoms with Crippen molar-refractivity contribution < 1.29 is 9.90 Å². The summed E-state index contributed by atoms with van der Waals surface area (Å²) in [6.07, 6.45) is 23.0. The van der Waals surface area contributed by atoms with Gasteiger partial charge in [0.1, 0.15) is 5.78 Å². The topological polar surface area (TPSA) is 37.3 Å². The van der Waals surface area contributed by atoms with Crippen LogP contribution < -0.4 is 0 Å². The molecule has 0 aromatic carbocycles. The van der Waals surface area contributed by atoms with E-state index in [1.165, 1.54) is 83.5 Å². The van der Waals surface area contributed by atoms with Gasteiger partial charge in [-0.2, -0.15) is 0 Å². The Morgan fingerprint density at radius 1 is 0.542 bits per heavy atom. The zero-order valence-corrected chi connectivity index (χ0v) is 16.5. The summed E-state index contributed by atoms with van der Waals surface area (Å²) in [5.41, 5.74) is 0. The Bertz CT molecular complexity index is 226. The largest absolute Gasteiger partial charge is 0.396 e. The van der Waals surface area contributed by atoms with E-state index in [0.29, 0.717) is 12.4 Å². The van der Waals surface area contributed by atoms with Crippen LogP contribution >= 0.6 is 0 Å². The normalized spacial score (nSPS) is 11.1. The number of hydrogen-bond acceptors (Lipinski definition) is 2. The van der Waals surface area contributed by atoms with E-state index < -0.39 is 0 Å². The van der Waals surface area contributed by atoms with Crippen LogP contribution in [0, 0.1) is 0 Å². The lowest BCUT2D eigenvalue weighted by Gasteiger charge is -2.03. The third kappa shape index (κ3) is 19.7. The molecule has 0 heterocycles. The highest BCUT2D eigenvalue weighted by Gasteiger charge is 2.02. The van der Waals surface area contributed by atoms with Crippen LogP contribution in [0.4, 0.5) is 0 Å². The molecule has 0 rings (SSSR count). The Hall–Kier alpha value is -0.370. The van der Waals surface area contributed by atoms with Crippen molar-refractivity contribution in [2.45, 2.75) is 129 Å². The summed E-state index contributed by atoms with van der Waals surface area (Å²) in [6, 6.07) is 0. The number of unbranched alkanes of at least 4 members (excludes halogenated alkanes) is 15. The van der Waals surface area contributed by atoms with Gasteiger partial charge in [0.25, 0.3) is 0 Å². The van der Waals surface area contributed by atoms with Crippen molar-refractivity contribution in [2.24, 2.45) is 0 Å². The molecule has 0 aliphatic carbocycles. The molecule has 0 saturated carbocycles. The molecule has 2 nitrogen and oxygen atoms in total. The predicted octanol–water partition coefficient (Wildman–Crippen LogP) is 6.98. The van der Waals surface area contributed by atoms with Crippen LogP contribution in [0.5, 0.6) is 0 Å². The van der Waals surface area contributed by atoms with E-state index in [1.54, 1.807) is 0 Å². The number of aliphatic hydroxyl groups is 1. The molecular weight excluding hydrogens is 296 g/mol. The van der Waals surface area contributed by atoms with Crippen LogP contribution in [-0.2, 0) is 4.79 Å². The number of Topliss-reactive ketones (excluding diaryl/α,β-unsaturated/α-hetero) is 1. The molecule has 0 aliphatic rings. The second-order valence-electron chi connectivity index (χ2n) is 7.42. The molecule has 0 aliphatic heterocycles. The summed E-state index contributed by atoms with van der Waals surface area (Å²) in [6.45, 7) is 2.60. The lowest BCUT2D eigenvalue weighted by Crippen LogP contribution is -1.97. The molecule has 1 N–H and O–H groups in total. The van der Waals surface area contributed by atoms with Gasteiger partial charge in [0.2, 0.25) is 0 Å². The number of rotatable bonds is 20. The van der Waals surface area contributed by atoms with Crippen molar-refractivity contribution >= 4 is 5.78 Å². The van der Waals surface area contributed by atoms with E-state index >= 15 is 0 Å². The third-order valence-corrected chi connectivity index (χ3v) is 4.92. The number of carbonyl (C=O) groups excluding carboxylic acids is 1. The van der Waals surface area contributed by atoms with Gasteiger partial charge < -0.3 is 5.11 Å². The molecule has 0 spiro atoms. The molecule has 0 atom stereocenters. The van der Waals surface area contributed by atoms with Crippen LogP contribution in [0.2, 0.25) is 0 Å². The Morgan fingerprint density at radius 3 is 1.25 bits per heavy atom. The van der Waals surface area contributed by atoms with E-state index in [0.717, 1.165) is 38.5 Å². The molecule has 0 bridgehead atoms. The standard InChI is InChI=1S/C22H44O2/c1-2-3-4-5-6-7-10-13-16-19-22(24)20-17-14-11-8-9-12-15-18-21-23/h23H,2-21H2,1H3. The predicted molar refractivity (Wildman–Crippen MR) is 105 cm³/mol. The molecule has 0 saturated heterocycles. The quantitative estimate of drug-likeness (QED) is 0.243. The molecular formula is C22H44O2. The van der Waals surface area contributed by atoms with Gasteiger partial charge in [0, 0.05) is 19.4 Å². The molecule has 0 aromatic rings. The Balaban J connectivity index is 3.13.